The van der Waals surface area contributed by atoms with E-state index in [4.69, 9.17) is 0 Å². The van der Waals surface area contributed by atoms with E-state index in [1.807, 2.05) is 0 Å². The molecule has 0 aromatic carbocycles. The summed E-state index contributed by atoms with van der Waals surface area (Å²) in [4.78, 5) is 0. The minimum Gasteiger partial charge on any atom is -0.313 e. The molecule has 0 unspecified atom stereocenters. The smallest absolute Gasteiger partial charge is 0.0167 e. The predicted molar refractivity (Wildman–Crippen MR) is 81.9 cm³/mol. The molecule has 106 valence electrons. The molecule has 0 saturated heterocycles. The molecule has 1 aliphatic rings. The Morgan fingerprint density at radius 1 is 1.11 bits per heavy atom. The highest BCUT2D eigenvalue weighted by Gasteiger charge is 2.18. The first kappa shape index (κ1) is 15.8. The molecule has 1 fully saturated rings. The Morgan fingerprint density at radius 3 is 2.33 bits per heavy atom. The van der Waals surface area contributed by atoms with Crippen LogP contribution in [0.3, 0.4) is 0 Å². The van der Waals surface area contributed by atoms with E-state index in [0.717, 1.165) is 24.9 Å². The van der Waals surface area contributed by atoms with Crippen LogP contribution in [0.1, 0.15) is 72.1 Å². The summed E-state index contributed by atoms with van der Waals surface area (Å²) in [7, 11) is 0. The lowest BCUT2D eigenvalue weighted by atomic mass is 9.82. The van der Waals surface area contributed by atoms with Crippen LogP contribution in [0.4, 0.5) is 0 Å². The van der Waals surface area contributed by atoms with Gasteiger partial charge in [-0.05, 0) is 50.5 Å². The molecule has 1 N–H and O–H groups in total. The van der Waals surface area contributed by atoms with Crippen LogP contribution in [0, 0.1) is 11.8 Å². The lowest BCUT2D eigenvalue weighted by molar-refractivity contribution is 0.391. The van der Waals surface area contributed by atoms with E-state index < -0.39 is 0 Å². The maximum absolute atomic E-state index is 3.62. The molecule has 0 aromatic heterocycles. The maximum Gasteiger partial charge on any atom is 0.0167 e. The lowest BCUT2D eigenvalue weighted by Gasteiger charge is -2.26. The zero-order valence-corrected chi connectivity index (χ0v) is 12.8. The lowest BCUT2D eigenvalue weighted by Crippen LogP contribution is -2.23. The first-order valence-corrected chi connectivity index (χ1v) is 8.23. The van der Waals surface area contributed by atoms with Crippen molar-refractivity contribution in [3.05, 3.63) is 11.6 Å². The minimum absolute atomic E-state index is 0.797. The van der Waals surface area contributed by atoms with Gasteiger partial charge in [-0.1, -0.05) is 51.7 Å². The van der Waals surface area contributed by atoms with Gasteiger partial charge < -0.3 is 5.32 Å². The summed E-state index contributed by atoms with van der Waals surface area (Å²) in [6.07, 6.45) is 13.6. The quantitative estimate of drug-likeness (QED) is 0.476. The van der Waals surface area contributed by atoms with Crippen molar-refractivity contribution in [2.24, 2.45) is 11.8 Å². The number of hydrogen-bond donors (Lipinski definition) is 1. The number of hydrogen-bond acceptors (Lipinski definition) is 1. The fraction of sp³-hybridized carbons (Fsp3) is 0.882. The van der Waals surface area contributed by atoms with Crippen molar-refractivity contribution in [2.45, 2.75) is 72.1 Å². The van der Waals surface area contributed by atoms with E-state index in [-0.39, 0.29) is 0 Å². The van der Waals surface area contributed by atoms with Gasteiger partial charge in [-0.25, -0.2) is 0 Å². The molecule has 0 radical (unpaired) electrons. The maximum atomic E-state index is 3.62. The van der Waals surface area contributed by atoms with Crippen molar-refractivity contribution in [3.63, 3.8) is 0 Å². The molecule has 1 saturated carbocycles. The molecule has 18 heavy (non-hydrogen) atoms. The topological polar surface area (TPSA) is 12.0 Å². The summed E-state index contributed by atoms with van der Waals surface area (Å²) in [6, 6.07) is 0. The molecule has 1 rings (SSSR count). The third-order valence-electron chi connectivity index (χ3n) is 4.38. The molecule has 1 nitrogen and oxygen atoms in total. The number of rotatable bonds is 8. The van der Waals surface area contributed by atoms with Crippen molar-refractivity contribution in [1.82, 2.24) is 5.32 Å². The third-order valence-corrected chi connectivity index (χ3v) is 4.38. The minimum atomic E-state index is 0.797. The molecule has 0 aliphatic heterocycles. The molecule has 1 heteroatoms. The van der Waals surface area contributed by atoms with Crippen LogP contribution in [-0.2, 0) is 0 Å². The average molecular weight is 251 g/mol. The zero-order chi connectivity index (χ0) is 13.2. The number of allylic oxidation sites excluding steroid dienone is 1. The van der Waals surface area contributed by atoms with Crippen LogP contribution in [0.5, 0.6) is 0 Å². The van der Waals surface area contributed by atoms with Gasteiger partial charge in [0.25, 0.3) is 0 Å². The molecule has 0 amide bonds. The van der Waals surface area contributed by atoms with Gasteiger partial charge in [0.2, 0.25) is 0 Å². The summed E-state index contributed by atoms with van der Waals surface area (Å²) in [5, 5.41) is 3.62. The van der Waals surface area contributed by atoms with Crippen LogP contribution in [0.2, 0.25) is 0 Å². The highest BCUT2D eigenvalue weighted by Crippen LogP contribution is 2.30. The van der Waals surface area contributed by atoms with E-state index in [1.54, 1.807) is 5.57 Å². The van der Waals surface area contributed by atoms with E-state index in [2.05, 4.69) is 32.2 Å². The standard InChI is InChI=1S/C17H33N/c1-4-12-18-14-17(13-15(5-2)6-3)16-10-8-7-9-11-16/h13,15-16,18H,4-12,14H2,1-3H3. The second-order valence-electron chi connectivity index (χ2n) is 5.83. The van der Waals surface area contributed by atoms with Gasteiger partial charge in [0.05, 0.1) is 0 Å². The van der Waals surface area contributed by atoms with Crippen molar-refractivity contribution in [1.29, 1.82) is 0 Å². The van der Waals surface area contributed by atoms with E-state index in [0.29, 0.717) is 0 Å². The molecule has 0 aromatic rings. The average Bonchev–Trinajstić information content (AvgIpc) is 2.44. The Balaban J connectivity index is 2.59. The van der Waals surface area contributed by atoms with Gasteiger partial charge in [0.15, 0.2) is 0 Å². The zero-order valence-electron chi connectivity index (χ0n) is 12.8. The Hall–Kier alpha value is -0.300. The molecular weight excluding hydrogens is 218 g/mol. The SMILES string of the molecule is CCCNCC(=CC(CC)CC)C1CCCCC1. The summed E-state index contributed by atoms with van der Waals surface area (Å²) in [5.41, 5.74) is 1.72. The third kappa shape index (κ3) is 5.56. The van der Waals surface area contributed by atoms with Crippen molar-refractivity contribution < 1.29 is 0 Å². The predicted octanol–water partition coefficient (Wildman–Crippen LogP) is 4.93. The second kappa shape index (κ2) is 9.61. The highest BCUT2D eigenvalue weighted by atomic mass is 14.8. The van der Waals surface area contributed by atoms with Crippen LogP contribution >= 0.6 is 0 Å². The first-order valence-electron chi connectivity index (χ1n) is 8.23. The molecule has 0 bridgehead atoms. The van der Waals surface area contributed by atoms with E-state index in [1.165, 1.54) is 51.4 Å². The van der Waals surface area contributed by atoms with E-state index >= 15 is 0 Å². The molecule has 0 spiro atoms. The van der Waals surface area contributed by atoms with Crippen molar-refractivity contribution >= 4 is 0 Å². The Morgan fingerprint density at radius 2 is 1.78 bits per heavy atom. The fourth-order valence-corrected chi connectivity index (χ4v) is 3.05. The van der Waals surface area contributed by atoms with Crippen LogP contribution in [0.25, 0.3) is 0 Å². The monoisotopic (exact) mass is 251 g/mol. The Labute approximate surface area is 114 Å². The first-order chi connectivity index (χ1) is 8.81. The number of nitrogens with one attached hydrogen (secondary N) is 1. The Kier molecular flexibility index (Phi) is 8.41. The van der Waals surface area contributed by atoms with E-state index in [9.17, 15) is 0 Å². The van der Waals surface area contributed by atoms with Crippen LogP contribution in [0.15, 0.2) is 11.6 Å². The molecule has 0 heterocycles. The largest absolute Gasteiger partial charge is 0.313 e. The Bertz CT molecular complexity index is 222. The van der Waals surface area contributed by atoms with Gasteiger partial charge in [0.1, 0.15) is 0 Å². The highest BCUT2D eigenvalue weighted by molar-refractivity contribution is 5.11. The summed E-state index contributed by atoms with van der Waals surface area (Å²) < 4.78 is 0. The van der Waals surface area contributed by atoms with Crippen LogP contribution < -0.4 is 5.32 Å². The summed E-state index contributed by atoms with van der Waals surface area (Å²) in [6.45, 7) is 9.19. The second-order valence-corrected chi connectivity index (χ2v) is 5.83. The fourth-order valence-electron chi connectivity index (χ4n) is 3.05. The van der Waals surface area contributed by atoms with Gasteiger partial charge in [0, 0.05) is 6.54 Å². The van der Waals surface area contributed by atoms with Gasteiger partial charge in [-0.15, -0.1) is 0 Å². The molecular formula is C17H33N. The summed E-state index contributed by atoms with van der Waals surface area (Å²) >= 11 is 0. The molecule has 1 aliphatic carbocycles. The van der Waals surface area contributed by atoms with Crippen LogP contribution in [-0.4, -0.2) is 13.1 Å². The van der Waals surface area contributed by atoms with Gasteiger partial charge in [-0.3, -0.25) is 0 Å². The normalized spacial score (nSPS) is 18.6. The van der Waals surface area contributed by atoms with Crippen molar-refractivity contribution in [2.75, 3.05) is 13.1 Å². The van der Waals surface area contributed by atoms with Gasteiger partial charge >= 0.3 is 0 Å². The van der Waals surface area contributed by atoms with Gasteiger partial charge in [-0.2, -0.15) is 0 Å². The van der Waals surface area contributed by atoms with Crippen molar-refractivity contribution in [3.8, 4) is 0 Å². The molecule has 0 atom stereocenters. The summed E-state index contributed by atoms with van der Waals surface area (Å²) in [5.74, 6) is 1.68.